The Morgan fingerprint density at radius 3 is 2.40 bits per heavy atom. The smallest absolute Gasteiger partial charge is 0.408 e. The van der Waals surface area contributed by atoms with E-state index in [0.29, 0.717) is 37.1 Å². The van der Waals surface area contributed by atoms with Gasteiger partial charge in [-0.1, -0.05) is 32.8 Å². The second-order valence-corrected chi connectivity index (χ2v) is 9.69. The van der Waals surface area contributed by atoms with Gasteiger partial charge in [0.05, 0.1) is 20.3 Å². The van der Waals surface area contributed by atoms with Crippen molar-refractivity contribution in [2.45, 2.75) is 64.5 Å². The number of carbonyl (C=O) groups is 4. The summed E-state index contributed by atoms with van der Waals surface area (Å²) in [7, 11) is 3.08. The maximum Gasteiger partial charge on any atom is 0.408 e. The van der Waals surface area contributed by atoms with Gasteiger partial charge in [-0.25, -0.2) is 9.59 Å². The normalized spacial score (nSPS) is 12.9. The van der Waals surface area contributed by atoms with Crippen molar-refractivity contribution >= 4 is 36.5 Å². The van der Waals surface area contributed by atoms with E-state index in [9.17, 15) is 19.2 Å². The number of hydrogen-bond donors (Lipinski definition) is 6. The van der Waals surface area contributed by atoms with Crippen LogP contribution in [0.15, 0.2) is 18.2 Å². The lowest BCUT2D eigenvalue weighted by atomic mass is 9.99. The molecule has 0 bridgehead atoms. The zero-order valence-corrected chi connectivity index (χ0v) is 24.8. The summed E-state index contributed by atoms with van der Waals surface area (Å²) in [5.74, 6) is -0.519. The summed E-state index contributed by atoms with van der Waals surface area (Å²) in [6.07, 6.45) is 1.98. The van der Waals surface area contributed by atoms with E-state index in [2.05, 4.69) is 33.9 Å². The molecule has 1 aromatic carbocycles. The highest BCUT2D eigenvalue weighted by molar-refractivity contribution is 7.80. The molecule has 1 unspecified atom stereocenters. The fourth-order valence-corrected chi connectivity index (χ4v) is 3.82. The molecule has 0 aliphatic rings. The lowest BCUT2D eigenvalue weighted by Gasteiger charge is -2.24. The first kappa shape index (κ1) is 35.0. The minimum absolute atomic E-state index is 0.00920. The first-order valence-corrected chi connectivity index (χ1v) is 14.2. The number of rotatable bonds is 19. The number of unbranched alkanes of at least 4 members (excludes halogenated alkanes) is 2. The summed E-state index contributed by atoms with van der Waals surface area (Å²) in [4.78, 5) is 49.9. The van der Waals surface area contributed by atoms with Crippen LogP contribution in [-0.2, 0) is 19.1 Å². The maximum absolute atomic E-state index is 13.2. The molecule has 0 spiro atoms. The van der Waals surface area contributed by atoms with Crippen molar-refractivity contribution in [1.82, 2.24) is 21.3 Å². The zero-order valence-electron chi connectivity index (χ0n) is 23.9. The standard InChI is InChI=1S/C27H45N5O7S/c1-5-18(2)25(32-24(34)9-7-6-8-13-28)26(35)38-20-11-10-19(15-21(20)37-4)22(16-30-23(33)12-14-40)39-27(36)31-17-29-3/h10-11,15,18,22,25,29,40H,5-9,12-14,16-17,28H2,1-4H3,(H,30,33)(H,31,36)(H,32,34)/t18-,22?,25-/m0/s1. The molecule has 0 saturated heterocycles. The topological polar surface area (TPSA) is 170 Å². The van der Waals surface area contributed by atoms with Gasteiger partial charge in [-0.2, -0.15) is 12.6 Å². The van der Waals surface area contributed by atoms with Crippen LogP contribution in [0.5, 0.6) is 11.5 Å². The van der Waals surface area contributed by atoms with Crippen molar-refractivity contribution in [3.05, 3.63) is 23.8 Å². The summed E-state index contributed by atoms with van der Waals surface area (Å²) >= 11 is 4.06. The Morgan fingerprint density at radius 2 is 1.77 bits per heavy atom. The van der Waals surface area contributed by atoms with Crippen LogP contribution in [0.3, 0.4) is 0 Å². The van der Waals surface area contributed by atoms with E-state index in [1.165, 1.54) is 13.2 Å². The lowest BCUT2D eigenvalue weighted by molar-refractivity contribution is -0.141. The average Bonchev–Trinajstić information content (AvgIpc) is 2.94. The van der Waals surface area contributed by atoms with E-state index in [1.807, 2.05) is 13.8 Å². The number of nitrogens with one attached hydrogen (secondary N) is 4. The molecule has 3 atom stereocenters. The molecule has 0 aromatic heterocycles. The number of esters is 1. The monoisotopic (exact) mass is 583 g/mol. The highest BCUT2D eigenvalue weighted by Gasteiger charge is 2.29. The first-order valence-electron chi connectivity index (χ1n) is 13.6. The van der Waals surface area contributed by atoms with Gasteiger partial charge in [0.25, 0.3) is 0 Å². The van der Waals surface area contributed by atoms with E-state index in [0.717, 1.165) is 12.8 Å². The van der Waals surface area contributed by atoms with Crippen molar-refractivity contribution in [3.63, 3.8) is 0 Å². The Bertz CT molecular complexity index is 950. The molecule has 3 amide bonds. The minimum Gasteiger partial charge on any atom is -0.493 e. The lowest BCUT2D eigenvalue weighted by Crippen LogP contribution is -2.47. The van der Waals surface area contributed by atoms with E-state index < -0.39 is 24.2 Å². The Morgan fingerprint density at radius 1 is 1.02 bits per heavy atom. The third-order valence-electron chi connectivity index (χ3n) is 6.14. The van der Waals surface area contributed by atoms with Crippen LogP contribution in [0.2, 0.25) is 0 Å². The van der Waals surface area contributed by atoms with Crippen molar-refractivity contribution in [2.24, 2.45) is 11.7 Å². The van der Waals surface area contributed by atoms with Crippen LogP contribution in [0.4, 0.5) is 4.79 Å². The average molecular weight is 584 g/mol. The summed E-state index contributed by atoms with van der Waals surface area (Å²) in [5, 5.41) is 10.8. The molecule has 0 fully saturated rings. The molecule has 0 saturated carbocycles. The highest BCUT2D eigenvalue weighted by atomic mass is 32.1. The minimum atomic E-state index is -0.856. The highest BCUT2D eigenvalue weighted by Crippen LogP contribution is 2.32. The molecular weight excluding hydrogens is 538 g/mol. The summed E-state index contributed by atoms with van der Waals surface area (Å²) in [5.41, 5.74) is 6.01. The predicted molar refractivity (Wildman–Crippen MR) is 155 cm³/mol. The van der Waals surface area contributed by atoms with Gasteiger partial charge in [0.2, 0.25) is 11.8 Å². The second-order valence-electron chi connectivity index (χ2n) is 9.24. The van der Waals surface area contributed by atoms with E-state index in [-0.39, 0.29) is 48.9 Å². The number of hydrogen-bond acceptors (Lipinski definition) is 10. The molecule has 0 radical (unpaired) electrons. The van der Waals surface area contributed by atoms with Gasteiger partial charge in [0.1, 0.15) is 12.1 Å². The molecule has 12 nitrogen and oxygen atoms in total. The fourth-order valence-electron chi connectivity index (χ4n) is 3.62. The van der Waals surface area contributed by atoms with Gasteiger partial charge in [-0.05, 0) is 55.8 Å². The zero-order chi connectivity index (χ0) is 29.9. The molecular formula is C27H45N5O7S. The molecule has 40 heavy (non-hydrogen) atoms. The van der Waals surface area contributed by atoms with Gasteiger partial charge in [-0.3, -0.25) is 9.59 Å². The molecule has 0 aliphatic heterocycles. The van der Waals surface area contributed by atoms with Gasteiger partial charge < -0.3 is 41.2 Å². The molecule has 0 aliphatic carbocycles. The molecule has 13 heteroatoms. The fraction of sp³-hybridized carbons (Fsp3) is 0.630. The quantitative estimate of drug-likeness (QED) is 0.0469. The molecule has 1 aromatic rings. The predicted octanol–water partition coefficient (Wildman–Crippen LogP) is 2.03. The summed E-state index contributed by atoms with van der Waals surface area (Å²) in [6, 6.07) is 3.86. The van der Waals surface area contributed by atoms with Gasteiger partial charge in [0, 0.05) is 12.8 Å². The van der Waals surface area contributed by atoms with E-state index in [1.54, 1.807) is 19.2 Å². The molecule has 6 N–H and O–H groups in total. The van der Waals surface area contributed by atoms with Gasteiger partial charge in [-0.15, -0.1) is 0 Å². The Labute approximate surface area is 242 Å². The Kier molecular flexibility index (Phi) is 17.4. The number of benzene rings is 1. The van der Waals surface area contributed by atoms with Crippen LogP contribution >= 0.6 is 12.6 Å². The van der Waals surface area contributed by atoms with Crippen LogP contribution in [0, 0.1) is 5.92 Å². The first-order chi connectivity index (χ1) is 19.2. The number of alkyl carbamates (subject to hydrolysis) is 1. The number of methoxy groups -OCH3 is 1. The van der Waals surface area contributed by atoms with Crippen LogP contribution in [0.1, 0.15) is 64.0 Å². The van der Waals surface area contributed by atoms with Gasteiger partial charge >= 0.3 is 12.1 Å². The van der Waals surface area contributed by atoms with E-state index >= 15 is 0 Å². The second kappa shape index (κ2) is 19.9. The van der Waals surface area contributed by atoms with Crippen LogP contribution in [-0.4, -0.2) is 69.6 Å². The van der Waals surface area contributed by atoms with Gasteiger partial charge in [0.15, 0.2) is 11.5 Å². The number of thiol groups is 1. The molecule has 0 heterocycles. The van der Waals surface area contributed by atoms with Crippen molar-refractivity contribution in [3.8, 4) is 11.5 Å². The third kappa shape index (κ3) is 12.9. The summed E-state index contributed by atoms with van der Waals surface area (Å²) in [6.45, 7) is 4.57. The van der Waals surface area contributed by atoms with Crippen molar-refractivity contribution < 1.29 is 33.4 Å². The largest absolute Gasteiger partial charge is 0.493 e. The Balaban J connectivity index is 3.08. The summed E-state index contributed by atoms with van der Waals surface area (Å²) < 4.78 is 16.6. The third-order valence-corrected chi connectivity index (χ3v) is 6.37. The van der Waals surface area contributed by atoms with E-state index in [4.69, 9.17) is 19.9 Å². The number of ether oxygens (including phenoxy) is 3. The van der Waals surface area contributed by atoms with Crippen LogP contribution in [0.25, 0.3) is 0 Å². The van der Waals surface area contributed by atoms with Crippen LogP contribution < -0.4 is 36.5 Å². The SMILES string of the molecule is CC[C@H](C)[C@H](NC(=O)CCCCCN)C(=O)Oc1ccc(C(CNC(=O)CCS)OC(=O)NCNC)cc1OC. The number of amides is 3. The molecule has 1 rings (SSSR count). The number of nitrogens with two attached hydrogens (primary N) is 1. The Hall–Kier alpha value is -3.03. The number of carbonyl (C=O) groups excluding carboxylic acids is 4. The van der Waals surface area contributed by atoms with Crippen molar-refractivity contribution in [2.75, 3.05) is 39.7 Å². The molecule has 226 valence electrons. The van der Waals surface area contributed by atoms with Crippen molar-refractivity contribution in [1.29, 1.82) is 0 Å². The maximum atomic E-state index is 13.2.